The van der Waals surface area contributed by atoms with Gasteiger partial charge in [-0.1, -0.05) is 33.6 Å². The van der Waals surface area contributed by atoms with Gasteiger partial charge in [0.1, 0.15) is 17.6 Å². The van der Waals surface area contributed by atoms with Gasteiger partial charge in [-0.05, 0) is 35.9 Å². The van der Waals surface area contributed by atoms with E-state index >= 15 is 0 Å². The van der Waals surface area contributed by atoms with Gasteiger partial charge in [-0.3, -0.25) is 0 Å². The van der Waals surface area contributed by atoms with Gasteiger partial charge in [0.15, 0.2) is 0 Å². The molecule has 0 aliphatic carbocycles. The summed E-state index contributed by atoms with van der Waals surface area (Å²) in [5, 5.41) is 9.61. The maximum atomic E-state index is 9.13. The molecule has 3 nitrogen and oxygen atoms in total. The summed E-state index contributed by atoms with van der Waals surface area (Å²) in [6, 6.07) is 12.6. The number of benzene rings is 2. The largest absolute Gasteiger partial charge is 0.454 e. The number of hydrogen-bond donors (Lipinski definition) is 1. The molecule has 0 saturated carbocycles. The summed E-state index contributed by atoms with van der Waals surface area (Å²) >= 11 is 9.40. The highest BCUT2D eigenvalue weighted by atomic mass is 79.9. The summed E-state index contributed by atoms with van der Waals surface area (Å²) in [4.78, 5) is 0. The van der Waals surface area contributed by atoms with Crippen molar-refractivity contribution in [2.24, 2.45) is 5.73 Å². The minimum atomic E-state index is 0.382. The van der Waals surface area contributed by atoms with Gasteiger partial charge in [0.25, 0.3) is 0 Å². The molecule has 19 heavy (non-hydrogen) atoms. The van der Waals surface area contributed by atoms with Crippen LogP contribution in [-0.4, -0.2) is 0 Å². The van der Waals surface area contributed by atoms with Crippen LogP contribution in [-0.2, 0) is 6.54 Å². The van der Waals surface area contributed by atoms with Crippen LogP contribution in [0.15, 0.2) is 40.9 Å². The summed E-state index contributed by atoms with van der Waals surface area (Å²) in [7, 11) is 0. The zero-order valence-electron chi connectivity index (χ0n) is 9.86. The Morgan fingerprint density at radius 1 is 1.21 bits per heavy atom. The van der Waals surface area contributed by atoms with Crippen LogP contribution in [0.4, 0.5) is 0 Å². The summed E-state index contributed by atoms with van der Waals surface area (Å²) in [6.45, 7) is 0.382. The molecule has 0 aromatic heterocycles. The lowest BCUT2D eigenvalue weighted by Crippen LogP contribution is -1.97. The van der Waals surface area contributed by atoms with E-state index in [-0.39, 0.29) is 0 Å². The van der Waals surface area contributed by atoms with Crippen LogP contribution >= 0.6 is 27.5 Å². The van der Waals surface area contributed by atoms with Crippen LogP contribution in [0.1, 0.15) is 11.1 Å². The quantitative estimate of drug-likeness (QED) is 0.912. The van der Waals surface area contributed by atoms with E-state index in [4.69, 9.17) is 27.3 Å². The molecule has 2 rings (SSSR count). The molecule has 2 N–H and O–H groups in total. The average Bonchev–Trinajstić information content (AvgIpc) is 2.43. The minimum absolute atomic E-state index is 0.382. The number of nitrogens with zero attached hydrogens (tertiary/aromatic N) is 1. The third-order valence-electron chi connectivity index (χ3n) is 2.51. The summed E-state index contributed by atoms with van der Waals surface area (Å²) in [5.74, 6) is 0.952. The van der Waals surface area contributed by atoms with Crippen LogP contribution in [0.3, 0.4) is 0 Å². The normalized spacial score (nSPS) is 10.0. The summed E-state index contributed by atoms with van der Waals surface area (Å²) in [6.07, 6.45) is 0. The van der Waals surface area contributed by atoms with Crippen molar-refractivity contribution in [1.82, 2.24) is 0 Å². The number of ether oxygens (including phenoxy) is 1. The zero-order chi connectivity index (χ0) is 13.8. The lowest BCUT2D eigenvalue weighted by atomic mass is 10.1. The van der Waals surface area contributed by atoms with Crippen LogP contribution in [0.5, 0.6) is 11.5 Å². The molecule has 5 heteroatoms. The molecule has 0 aliphatic rings. The van der Waals surface area contributed by atoms with Crippen molar-refractivity contribution in [3.8, 4) is 17.6 Å². The molecule has 2 aromatic carbocycles. The van der Waals surface area contributed by atoms with Gasteiger partial charge in [-0.25, -0.2) is 0 Å². The second-order valence-electron chi connectivity index (χ2n) is 3.82. The highest BCUT2D eigenvalue weighted by molar-refractivity contribution is 9.10. The van der Waals surface area contributed by atoms with Crippen molar-refractivity contribution in [1.29, 1.82) is 5.26 Å². The molecular formula is C14H10BrClN2O. The molecule has 0 unspecified atom stereocenters. The molecule has 0 aliphatic heterocycles. The van der Waals surface area contributed by atoms with Crippen LogP contribution in [0.25, 0.3) is 0 Å². The molecule has 0 radical (unpaired) electrons. The molecule has 0 saturated heterocycles. The van der Waals surface area contributed by atoms with Crippen LogP contribution < -0.4 is 10.5 Å². The van der Waals surface area contributed by atoms with Crippen LogP contribution in [0.2, 0.25) is 5.02 Å². The van der Waals surface area contributed by atoms with Crippen molar-refractivity contribution in [2.45, 2.75) is 6.54 Å². The maximum Gasteiger partial charge on any atom is 0.147 e. The molecule has 2 aromatic rings. The second kappa shape index (κ2) is 6.07. The van der Waals surface area contributed by atoms with Crippen molar-refractivity contribution in [3.05, 3.63) is 57.0 Å². The SMILES string of the molecule is N#Cc1cc(CN)ccc1Oc1cc(Br)ccc1Cl. The van der Waals surface area contributed by atoms with Gasteiger partial charge >= 0.3 is 0 Å². The smallest absolute Gasteiger partial charge is 0.147 e. The zero-order valence-corrected chi connectivity index (χ0v) is 12.2. The van der Waals surface area contributed by atoms with E-state index in [1.807, 2.05) is 12.1 Å². The van der Waals surface area contributed by atoms with E-state index in [2.05, 4.69) is 22.0 Å². The number of nitrogens with two attached hydrogens (primary N) is 1. The molecule has 0 atom stereocenters. The van der Waals surface area contributed by atoms with Crippen molar-refractivity contribution in [3.63, 3.8) is 0 Å². The van der Waals surface area contributed by atoms with Crippen molar-refractivity contribution < 1.29 is 4.74 Å². The van der Waals surface area contributed by atoms with Gasteiger partial charge in [0, 0.05) is 11.0 Å². The Morgan fingerprint density at radius 2 is 2.00 bits per heavy atom. The Balaban J connectivity index is 2.38. The average molecular weight is 338 g/mol. The van der Waals surface area contributed by atoms with Gasteiger partial charge in [-0.15, -0.1) is 0 Å². The van der Waals surface area contributed by atoms with E-state index in [0.29, 0.717) is 28.6 Å². The highest BCUT2D eigenvalue weighted by Gasteiger charge is 2.09. The molecule has 0 spiro atoms. The molecule has 0 bridgehead atoms. The number of halogens is 2. The van der Waals surface area contributed by atoms with E-state index in [0.717, 1.165) is 10.0 Å². The van der Waals surface area contributed by atoms with Gasteiger partial charge in [0.2, 0.25) is 0 Å². The van der Waals surface area contributed by atoms with Crippen molar-refractivity contribution in [2.75, 3.05) is 0 Å². The van der Waals surface area contributed by atoms with E-state index < -0.39 is 0 Å². The number of hydrogen-bond acceptors (Lipinski definition) is 3. The lowest BCUT2D eigenvalue weighted by Gasteiger charge is -2.10. The van der Waals surface area contributed by atoms with E-state index in [1.54, 1.807) is 24.3 Å². The van der Waals surface area contributed by atoms with E-state index in [1.165, 1.54) is 0 Å². The fourth-order valence-corrected chi connectivity index (χ4v) is 2.05. The topological polar surface area (TPSA) is 59.0 Å². The fraction of sp³-hybridized carbons (Fsp3) is 0.0714. The standard InChI is InChI=1S/C14H10BrClN2O/c15-11-2-3-12(16)14(6-11)19-13-4-1-9(7-17)5-10(13)8-18/h1-6H,7,17H2. The summed E-state index contributed by atoms with van der Waals surface area (Å²) in [5.41, 5.74) is 6.85. The maximum absolute atomic E-state index is 9.13. The Bertz CT molecular complexity index is 652. The predicted molar refractivity (Wildman–Crippen MR) is 78.3 cm³/mol. The monoisotopic (exact) mass is 336 g/mol. The first-order valence-electron chi connectivity index (χ1n) is 5.50. The predicted octanol–water partition coefficient (Wildman–Crippen LogP) is 4.23. The van der Waals surface area contributed by atoms with E-state index in [9.17, 15) is 0 Å². The van der Waals surface area contributed by atoms with Gasteiger partial charge in [-0.2, -0.15) is 5.26 Å². The van der Waals surface area contributed by atoms with Crippen molar-refractivity contribution >= 4 is 27.5 Å². The first-order chi connectivity index (χ1) is 9.13. The molecular weight excluding hydrogens is 328 g/mol. The highest BCUT2D eigenvalue weighted by Crippen LogP contribution is 2.33. The number of rotatable bonds is 3. The fourth-order valence-electron chi connectivity index (χ4n) is 1.55. The molecule has 0 amide bonds. The second-order valence-corrected chi connectivity index (χ2v) is 5.15. The van der Waals surface area contributed by atoms with Gasteiger partial charge in [0.05, 0.1) is 10.6 Å². The first kappa shape index (κ1) is 13.9. The Labute approximate surface area is 124 Å². The van der Waals surface area contributed by atoms with Crippen LogP contribution in [0, 0.1) is 11.3 Å². The summed E-state index contributed by atoms with van der Waals surface area (Å²) < 4.78 is 6.54. The minimum Gasteiger partial charge on any atom is -0.454 e. The third kappa shape index (κ3) is 3.27. The molecule has 96 valence electrons. The Morgan fingerprint density at radius 3 is 2.68 bits per heavy atom. The van der Waals surface area contributed by atoms with Gasteiger partial charge < -0.3 is 10.5 Å². The Kier molecular flexibility index (Phi) is 4.43. The third-order valence-corrected chi connectivity index (χ3v) is 3.32. The first-order valence-corrected chi connectivity index (χ1v) is 6.67. The Hall–Kier alpha value is -1.54. The lowest BCUT2D eigenvalue weighted by molar-refractivity contribution is 0.481. The molecule has 0 heterocycles. The number of nitriles is 1. The molecule has 0 fully saturated rings.